The van der Waals surface area contributed by atoms with Crippen molar-refractivity contribution in [3.05, 3.63) is 30.3 Å². The summed E-state index contributed by atoms with van der Waals surface area (Å²) in [5, 5.41) is 2.84. The Morgan fingerprint density at radius 3 is 2.67 bits per heavy atom. The highest BCUT2D eigenvalue weighted by molar-refractivity contribution is 5.77. The minimum absolute atomic E-state index is 0.0757. The van der Waals surface area contributed by atoms with Crippen molar-refractivity contribution in [3.63, 3.8) is 0 Å². The Morgan fingerprint density at radius 1 is 1.40 bits per heavy atom. The minimum atomic E-state index is -0.0757. The molecular formula is C12H17NO2. The summed E-state index contributed by atoms with van der Waals surface area (Å²) < 4.78 is 5.30. The molecule has 0 saturated heterocycles. The molecule has 0 saturated carbocycles. The number of para-hydroxylation sites is 1. The quantitative estimate of drug-likeness (QED) is 0.801. The van der Waals surface area contributed by atoms with Gasteiger partial charge < -0.3 is 10.1 Å². The maximum Gasteiger partial charge on any atom is 0.258 e. The number of carbonyl (C=O) groups excluding carboxylic acids is 1. The molecule has 1 amide bonds. The van der Waals surface area contributed by atoms with E-state index in [1.807, 2.05) is 44.2 Å². The van der Waals surface area contributed by atoms with E-state index in [0.29, 0.717) is 0 Å². The third-order valence-corrected chi connectivity index (χ3v) is 2.13. The van der Waals surface area contributed by atoms with Crippen LogP contribution in [0.4, 0.5) is 0 Å². The number of rotatable bonds is 5. The second-order valence-corrected chi connectivity index (χ2v) is 3.48. The van der Waals surface area contributed by atoms with Crippen molar-refractivity contribution < 1.29 is 9.53 Å². The Hall–Kier alpha value is -1.51. The zero-order chi connectivity index (χ0) is 11.1. The van der Waals surface area contributed by atoms with E-state index >= 15 is 0 Å². The normalized spacial score (nSPS) is 11.9. The van der Waals surface area contributed by atoms with Crippen LogP contribution in [-0.4, -0.2) is 18.6 Å². The van der Waals surface area contributed by atoms with Gasteiger partial charge in [-0.15, -0.1) is 0 Å². The van der Waals surface area contributed by atoms with Gasteiger partial charge in [0.2, 0.25) is 0 Å². The van der Waals surface area contributed by atoms with Crippen molar-refractivity contribution in [2.75, 3.05) is 6.61 Å². The van der Waals surface area contributed by atoms with Crippen molar-refractivity contribution in [1.29, 1.82) is 0 Å². The zero-order valence-corrected chi connectivity index (χ0v) is 9.19. The van der Waals surface area contributed by atoms with Crippen molar-refractivity contribution in [3.8, 4) is 5.75 Å². The van der Waals surface area contributed by atoms with Crippen molar-refractivity contribution >= 4 is 5.91 Å². The smallest absolute Gasteiger partial charge is 0.258 e. The molecule has 0 heterocycles. The average Bonchev–Trinajstić information content (AvgIpc) is 2.27. The summed E-state index contributed by atoms with van der Waals surface area (Å²) in [4.78, 5) is 11.3. The molecule has 1 rings (SSSR count). The summed E-state index contributed by atoms with van der Waals surface area (Å²) in [7, 11) is 0. The van der Waals surface area contributed by atoms with E-state index in [1.54, 1.807) is 0 Å². The van der Waals surface area contributed by atoms with Crippen LogP contribution in [0.25, 0.3) is 0 Å². The van der Waals surface area contributed by atoms with E-state index in [2.05, 4.69) is 5.32 Å². The third kappa shape index (κ3) is 4.49. The van der Waals surface area contributed by atoms with Gasteiger partial charge in [0, 0.05) is 6.04 Å². The van der Waals surface area contributed by atoms with Crippen molar-refractivity contribution in [2.45, 2.75) is 26.3 Å². The van der Waals surface area contributed by atoms with Gasteiger partial charge in [-0.25, -0.2) is 0 Å². The van der Waals surface area contributed by atoms with Gasteiger partial charge in [0.25, 0.3) is 5.91 Å². The lowest BCUT2D eigenvalue weighted by Crippen LogP contribution is -2.35. The first kappa shape index (κ1) is 11.6. The number of amides is 1. The molecule has 3 heteroatoms. The molecule has 15 heavy (non-hydrogen) atoms. The molecule has 1 aromatic rings. The molecule has 1 N–H and O–H groups in total. The molecule has 0 aliphatic carbocycles. The van der Waals surface area contributed by atoms with Crippen LogP contribution in [0.5, 0.6) is 5.75 Å². The van der Waals surface area contributed by atoms with Gasteiger partial charge in [-0.1, -0.05) is 25.1 Å². The van der Waals surface area contributed by atoms with Crippen LogP contribution in [0.1, 0.15) is 20.3 Å². The number of carbonyl (C=O) groups is 1. The largest absolute Gasteiger partial charge is 0.484 e. The molecule has 1 atom stereocenters. The van der Waals surface area contributed by atoms with Crippen LogP contribution in [0, 0.1) is 0 Å². The van der Waals surface area contributed by atoms with Crippen LogP contribution in [0.2, 0.25) is 0 Å². The second-order valence-electron chi connectivity index (χ2n) is 3.48. The van der Waals surface area contributed by atoms with E-state index in [9.17, 15) is 4.79 Å². The zero-order valence-electron chi connectivity index (χ0n) is 9.19. The molecular weight excluding hydrogens is 190 g/mol. The van der Waals surface area contributed by atoms with E-state index in [-0.39, 0.29) is 18.6 Å². The second kappa shape index (κ2) is 6.06. The van der Waals surface area contributed by atoms with E-state index in [1.165, 1.54) is 0 Å². The summed E-state index contributed by atoms with van der Waals surface area (Å²) in [6.45, 7) is 4.08. The van der Waals surface area contributed by atoms with Gasteiger partial charge in [0.05, 0.1) is 0 Å². The fourth-order valence-electron chi connectivity index (χ4n) is 1.08. The maximum atomic E-state index is 11.3. The first-order valence-corrected chi connectivity index (χ1v) is 5.19. The van der Waals surface area contributed by atoms with Gasteiger partial charge in [-0.2, -0.15) is 0 Å². The summed E-state index contributed by atoms with van der Waals surface area (Å²) in [5.41, 5.74) is 0. The number of nitrogens with one attached hydrogen (secondary N) is 1. The van der Waals surface area contributed by atoms with Gasteiger partial charge in [-0.3, -0.25) is 4.79 Å². The van der Waals surface area contributed by atoms with Crippen molar-refractivity contribution in [2.24, 2.45) is 0 Å². The predicted molar refractivity (Wildman–Crippen MR) is 59.8 cm³/mol. The Kier molecular flexibility index (Phi) is 4.68. The number of hydrogen-bond acceptors (Lipinski definition) is 2. The first-order valence-electron chi connectivity index (χ1n) is 5.19. The molecule has 0 aliphatic heterocycles. The first-order chi connectivity index (χ1) is 7.22. The van der Waals surface area contributed by atoms with E-state index in [4.69, 9.17) is 4.74 Å². The van der Waals surface area contributed by atoms with E-state index in [0.717, 1.165) is 12.2 Å². The standard InChI is InChI=1S/C12H17NO2/c1-3-10(2)13-12(14)9-15-11-7-5-4-6-8-11/h4-8,10H,3,9H2,1-2H3,(H,13,14)/t10-/m1/s1. The highest BCUT2D eigenvalue weighted by Crippen LogP contribution is 2.07. The van der Waals surface area contributed by atoms with Crippen LogP contribution in [-0.2, 0) is 4.79 Å². The third-order valence-electron chi connectivity index (χ3n) is 2.13. The van der Waals surface area contributed by atoms with E-state index < -0.39 is 0 Å². The molecule has 0 bridgehead atoms. The molecule has 1 aromatic carbocycles. The van der Waals surface area contributed by atoms with Crippen molar-refractivity contribution in [1.82, 2.24) is 5.32 Å². The highest BCUT2D eigenvalue weighted by Gasteiger charge is 2.05. The Balaban J connectivity index is 2.29. The molecule has 0 spiro atoms. The molecule has 0 unspecified atom stereocenters. The maximum absolute atomic E-state index is 11.3. The number of ether oxygens (including phenoxy) is 1. The average molecular weight is 207 g/mol. The van der Waals surface area contributed by atoms with Gasteiger partial charge in [0.1, 0.15) is 5.75 Å². The Morgan fingerprint density at radius 2 is 2.07 bits per heavy atom. The molecule has 0 aliphatic rings. The number of hydrogen-bond donors (Lipinski definition) is 1. The number of benzene rings is 1. The van der Waals surface area contributed by atoms with Gasteiger partial charge >= 0.3 is 0 Å². The lowest BCUT2D eigenvalue weighted by atomic mass is 10.2. The van der Waals surface area contributed by atoms with Crippen LogP contribution >= 0.6 is 0 Å². The van der Waals surface area contributed by atoms with Gasteiger partial charge in [0.15, 0.2) is 6.61 Å². The summed E-state index contributed by atoms with van der Waals surface area (Å²) >= 11 is 0. The Bertz CT molecular complexity index is 298. The lowest BCUT2D eigenvalue weighted by molar-refractivity contribution is -0.123. The fourth-order valence-corrected chi connectivity index (χ4v) is 1.08. The highest BCUT2D eigenvalue weighted by atomic mass is 16.5. The van der Waals surface area contributed by atoms with Crippen LogP contribution in [0.3, 0.4) is 0 Å². The Labute approximate surface area is 90.4 Å². The summed E-state index contributed by atoms with van der Waals surface area (Å²) in [5.74, 6) is 0.644. The monoisotopic (exact) mass is 207 g/mol. The fraction of sp³-hybridized carbons (Fsp3) is 0.417. The summed E-state index contributed by atoms with van der Waals surface area (Å²) in [6.07, 6.45) is 0.928. The minimum Gasteiger partial charge on any atom is -0.484 e. The SMILES string of the molecule is CC[C@@H](C)NC(=O)COc1ccccc1. The van der Waals surface area contributed by atoms with Crippen LogP contribution in [0.15, 0.2) is 30.3 Å². The molecule has 0 aromatic heterocycles. The molecule has 0 fully saturated rings. The topological polar surface area (TPSA) is 38.3 Å². The lowest BCUT2D eigenvalue weighted by Gasteiger charge is -2.11. The molecule has 3 nitrogen and oxygen atoms in total. The van der Waals surface area contributed by atoms with Crippen LogP contribution < -0.4 is 10.1 Å². The van der Waals surface area contributed by atoms with Gasteiger partial charge in [-0.05, 0) is 25.5 Å². The molecule has 82 valence electrons. The molecule has 0 radical (unpaired) electrons. The summed E-state index contributed by atoms with van der Waals surface area (Å²) in [6, 6.07) is 9.53. The predicted octanol–water partition coefficient (Wildman–Crippen LogP) is 1.98.